The molecule has 1 heterocycles. The molecule has 0 aliphatic carbocycles. The quantitative estimate of drug-likeness (QED) is 0.541. The van der Waals surface area contributed by atoms with E-state index in [0.717, 1.165) is 11.3 Å². The molecule has 144 valence electrons. The van der Waals surface area contributed by atoms with Gasteiger partial charge in [0.2, 0.25) is 0 Å². The van der Waals surface area contributed by atoms with Crippen LogP contribution in [-0.2, 0) is 6.54 Å². The zero-order valence-corrected chi connectivity index (χ0v) is 16.2. The Bertz CT molecular complexity index is 941. The highest BCUT2D eigenvalue weighted by Gasteiger charge is 2.11. The summed E-state index contributed by atoms with van der Waals surface area (Å²) in [6, 6.07) is 19.8. The maximum atomic E-state index is 12.4. The van der Waals surface area contributed by atoms with Gasteiger partial charge in [-0.1, -0.05) is 30.3 Å². The van der Waals surface area contributed by atoms with Crippen LogP contribution in [0.15, 0.2) is 66.7 Å². The van der Waals surface area contributed by atoms with E-state index in [4.69, 9.17) is 4.74 Å². The zero-order chi connectivity index (χ0) is 19.8. The van der Waals surface area contributed by atoms with Crippen LogP contribution in [0.4, 0.5) is 15.5 Å². The van der Waals surface area contributed by atoms with E-state index in [1.165, 1.54) is 11.3 Å². The van der Waals surface area contributed by atoms with Crippen LogP contribution >= 0.6 is 11.3 Å². The van der Waals surface area contributed by atoms with Gasteiger partial charge in [-0.05, 0) is 48.9 Å². The minimum Gasteiger partial charge on any atom is -0.494 e. The fourth-order valence-corrected chi connectivity index (χ4v) is 3.32. The summed E-state index contributed by atoms with van der Waals surface area (Å²) in [4.78, 5) is 24.9. The molecule has 3 rings (SSSR count). The second-order valence-corrected chi connectivity index (χ2v) is 6.96. The van der Waals surface area contributed by atoms with Gasteiger partial charge in [0.15, 0.2) is 0 Å². The molecule has 1 aromatic heterocycles. The maximum absolute atomic E-state index is 12.4. The van der Waals surface area contributed by atoms with Gasteiger partial charge in [-0.25, -0.2) is 4.79 Å². The van der Waals surface area contributed by atoms with Crippen molar-refractivity contribution in [3.8, 4) is 5.75 Å². The predicted molar refractivity (Wildman–Crippen MR) is 112 cm³/mol. The number of nitrogens with one attached hydrogen (secondary N) is 3. The van der Waals surface area contributed by atoms with Gasteiger partial charge < -0.3 is 15.4 Å². The lowest BCUT2D eigenvalue weighted by atomic mass is 10.2. The Morgan fingerprint density at radius 1 is 0.964 bits per heavy atom. The number of benzene rings is 2. The van der Waals surface area contributed by atoms with Gasteiger partial charge in [0, 0.05) is 12.2 Å². The van der Waals surface area contributed by atoms with E-state index in [1.807, 2.05) is 49.4 Å². The van der Waals surface area contributed by atoms with Crippen LogP contribution < -0.4 is 20.7 Å². The first-order valence-corrected chi connectivity index (χ1v) is 9.68. The number of carbonyl (C=O) groups excluding carboxylic acids is 2. The molecule has 0 aliphatic heterocycles. The third-order valence-electron chi connectivity index (χ3n) is 3.76. The van der Waals surface area contributed by atoms with Crippen molar-refractivity contribution in [1.29, 1.82) is 0 Å². The largest absolute Gasteiger partial charge is 0.494 e. The third-order valence-corrected chi connectivity index (χ3v) is 4.76. The van der Waals surface area contributed by atoms with Crippen LogP contribution in [0, 0.1) is 0 Å². The minimum absolute atomic E-state index is 0.191. The monoisotopic (exact) mass is 395 g/mol. The molecule has 0 atom stereocenters. The van der Waals surface area contributed by atoms with Crippen LogP contribution in [0.2, 0.25) is 0 Å². The number of carbonyl (C=O) groups is 2. The van der Waals surface area contributed by atoms with E-state index < -0.39 is 0 Å². The number of hydrogen-bond acceptors (Lipinski definition) is 4. The van der Waals surface area contributed by atoms with Crippen LogP contribution in [0.1, 0.15) is 22.2 Å². The number of hydrogen-bond donors (Lipinski definition) is 3. The fraction of sp³-hybridized carbons (Fsp3) is 0.143. The summed E-state index contributed by atoms with van der Waals surface area (Å²) >= 11 is 1.22. The Morgan fingerprint density at radius 3 is 2.57 bits per heavy atom. The van der Waals surface area contributed by atoms with Gasteiger partial charge in [0.25, 0.3) is 5.91 Å². The summed E-state index contributed by atoms with van der Waals surface area (Å²) in [5, 5.41) is 8.94. The van der Waals surface area contributed by atoms with Crippen molar-refractivity contribution in [2.45, 2.75) is 13.5 Å². The predicted octanol–water partition coefficient (Wildman–Crippen LogP) is 4.72. The average Bonchev–Trinajstić information content (AvgIpc) is 3.16. The molecule has 7 heteroatoms. The SMILES string of the molecule is CCOc1cccc(CNC(=O)c2ccc(NC(=O)Nc3ccccc3)s2)c1. The summed E-state index contributed by atoms with van der Waals surface area (Å²) in [6.45, 7) is 2.92. The Morgan fingerprint density at radius 2 is 1.79 bits per heavy atom. The first-order valence-electron chi connectivity index (χ1n) is 8.87. The molecule has 3 N–H and O–H groups in total. The lowest BCUT2D eigenvalue weighted by Crippen LogP contribution is -2.21. The molecule has 2 aromatic carbocycles. The Hall–Kier alpha value is -3.32. The van der Waals surface area contributed by atoms with E-state index in [-0.39, 0.29) is 11.9 Å². The van der Waals surface area contributed by atoms with E-state index in [1.54, 1.807) is 24.3 Å². The van der Waals surface area contributed by atoms with Crippen molar-refractivity contribution in [3.05, 3.63) is 77.2 Å². The van der Waals surface area contributed by atoms with E-state index in [0.29, 0.717) is 28.7 Å². The van der Waals surface area contributed by atoms with Gasteiger partial charge in [-0.3, -0.25) is 10.1 Å². The van der Waals surface area contributed by atoms with Crippen molar-refractivity contribution in [2.24, 2.45) is 0 Å². The number of rotatable bonds is 7. The Labute approximate surface area is 167 Å². The molecule has 0 fully saturated rings. The second-order valence-electron chi connectivity index (χ2n) is 5.87. The van der Waals surface area contributed by atoms with Crippen molar-refractivity contribution < 1.29 is 14.3 Å². The third kappa shape index (κ3) is 5.59. The first-order chi connectivity index (χ1) is 13.6. The van der Waals surface area contributed by atoms with Crippen molar-refractivity contribution in [3.63, 3.8) is 0 Å². The Kier molecular flexibility index (Phi) is 6.64. The van der Waals surface area contributed by atoms with Gasteiger partial charge in [0.05, 0.1) is 16.5 Å². The molecule has 0 saturated carbocycles. The second kappa shape index (κ2) is 9.57. The van der Waals surface area contributed by atoms with Gasteiger partial charge in [-0.15, -0.1) is 11.3 Å². The standard InChI is InChI=1S/C21H21N3O3S/c1-2-27-17-10-6-7-15(13-17)14-22-20(25)18-11-12-19(28-18)24-21(26)23-16-8-4-3-5-9-16/h3-13H,2,14H2,1H3,(H,22,25)(H2,23,24,26). The molecule has 0 saturated heterocycles. The number of para-hydroxylation sites is 1. The summed E-state index contributed by atoms with van der Waals surface area (Å²) < 4.78 is 5.46. The van der Waals surface area contributed by atoms with Crippen LogP contribution in [0.5, 0.6) is 5.75 Å². The van der Waals surface area contributed by atoms with Crippen LogP contribution in [0.25, 0.3) is 0 Å². The summed E-state index contributed by atoms with van der Waals surface area (Å²) in [7, 11) is 0. The molecule has 0 radical (unpaired) electrons. The highest BCUT2D eigenvalue weighted by atomic mass is 32.1. The number of amides is 3. The van der Waals surface area contributed by atoms with Gasteiger partial charge >= 0.3 is 6.03 Å². The number of thiophene rings is 1. The smallest absolute Gasteiger partial charge is 0.324 e. The van der Waals surface area contributed by atoms with Crippen LogP contribution in [-0.4, -0.2) is 18.5 Å². The van der Waals surface area contributed by atoms with Crippen molar-refractivity contribution >= 4 is 34.0 Å². The van der Waals surface area contributed by atoms with E-state index in [2.05, 4.69) is 16.0 Å². The minimum atomic E-state index is -0.354. The molecule has 6 nitrogen and oxygen atoms in total. The first kappa shape index (κ1) is 19.4. The molecular weight excluding hydrogens is 374 g/mol. The zero-order valence-electron chi connectivity index (χ0n) is 15.4. The highest BCUT2D eigenvalue weighted by molar-refractivity contribution is 7.18. The van der Waals surface area contributed by atoms with Crippen molar-refractivity contribution in [1.82, 2.24) is 5.32 Å². The topological polar surface area (TPSA) is 79.5 Å². The molecule has 0 unspecified atom stereocenters. The Balaban J connectivity index is 1.52. The molecule has 3 aromatic rings. The van der Waals surface area contributed by atoms with E-state index in [9.17, 15) is 9.59 Å². The van der Waals surface area contributed by atoms with E-state index >= 15 is 0 Å². The van der Waals surface area contributed by atoms with Gasteiger partial charge in [-0.2, -0.15) is 0 Å². The van der Waals surface area contributed by atoms with Crippen LogP contribution in [0.3, 0.4) is 0 Å². The lowest BCUT2D eigenvalue weighted by molar-refractivity contribution is 0.0955. The highest BCUT2D eigenvalue weighted by Crippen LogP contribution is 2.22. The molecule has 0 bridgehead atoms. The number of anilines is 2. The summed E-state index contributed by atoms with van der Waals surface area (Å²) in [6.07, 6.45) is 0. The fourth-order valence-electron chi connectivity index (χ4n) is 2.50. The molecular formula is C21H21N3O3S. The molecule has 0 aliphatic rings. The maximum Gasteiger partial charge on any atom is 0.324 e. The molecule has 0 spiro atoms. The van der Waals surface area contributed by atoms with Crippen molar-refractivity contribution in [2.75, 3.05) is 17.2 Å². The molecule has 28 heavy (non-hydrogen) atoms. The summed E-state index contributed by atoms with van der Waals surface area (Å²) in [5.41, 5.74) is 1.65. The number of urea groups is 1. The van der Waals surface area contributed by atoms with Gasteiger partial charge in [0.1, 0.15) is 5.75 Å². The molecule has 3 amide bonds. The lowest BCUT2D eigenvalue weighted by Gasteiger charge is -2.07. The average molecular weight is 395 g/mol. The summed E-state index contributed by atoms with van der Waals surface area (Å²) in [5.74, 6) is 0.588. The normalized spacial score (nSPS) is 10.2. The number of ether oxygens (including phenoxy) is 1.